The molecule has 0 aliphatic heterocycles. The van der Waals surface area contributed by atoms with Crippen molar-refractivity contribution < 1.29 is 35.2 Å². The summed E-state index contributed by atoms with van der Waals surface area (Å²) >= 11 is -1.78. The maximum atomic E-state index is 10.4. The quantitative estimate of drug-likeness (QED) is 0.598. The molecule has 4 heteroatoms. The van der Waals surface area contributed by atoms with Gasteiger partial charge in [0.2, 0.25) is 0 Å². The van der Waals surface area contributed by atoms with Gasteiger partial charge in [-0.05, 0) is 0 Å². The summed E-state index contributed by atoms with van der Waals surface area (Å²) in [6.45, 7) is 1.33. The first kappa shape index (κ1) is 8.89. The van der Waals surface area contributed by atoms with Crippen molar-refractivity contribution in [2.24, 2.45) is 0 Å². The molecule has 0 aromatic rings. The molecule has 0 rings (SSSR count). The van der Waals surface area contributed by atoms with Crippen LogP contribution in [-0.4, -0.2) is 15.3 Å². The predicted molar refractivity (Wildman–Crippen MR) is 27.1 cm³/mol. The van der Waals surface area contributed by atoms with Crippen molar-refractivity contribution in [2.45, 2.75) is 13.3 Å². The summed E-state index contributed by atoms with van der Waals surface area (Å²) in [5.74, 6) is -0.479. The van der Waals surface area contributed by atoms with E-state index in [4.69, 9.17) is 0 Å². The molecule has 0 aliphatic carbocycles. The Labute approximate surface area is 63.9 Å². The Morgan fingerprint density at radius 2 is 2.11 bits per heavy atom. The zero-order valence-corrected chi connectivity index (χ0v) is 7.47. The molecule has 0 aromatic heterocycles. The Bertz CT molecular complexity index is 179. The van der Waals surface area contributed by atoms with Crippen LogP contribution in [0.15, 0.2) is 0 Å². The van der Waals surface area contributed by atoms with Crippen molar-refractivity contribution in [3.8, 4) is 0 Å². The molecule has 0 aliphatic rings. The molecule has 0 spiro atoms. The van der Waals surface area contributed by atoms with Crippen LogP contribution in [0.25, 0.3) is 0 Å². The average Bonchev–Trinajstić information content (AvgIpc) is 1.63. The van der Waals surface area contributed by atoms with Crippen LogP contribution in [0.5, 0.6) is 0 Å². The Morgan fingerprint density at radius 3 is 2.44 bits per heavy atom. The molecule has 0 unspecified atom stereocenters. The Balaban J connectivity index is 3.78. The molecule has 0 aromatic carbocycles. The van der Waals surface area contributed by atoms with E-state index in [9.17, 15) is 12.4 Å². The molecular weight excluding hydrogens is 199 g/mol. The molecule has 0 atom stereocenters. The van der Waals surface area contributed by atoms with Crippen molar-refractivity contribution in [3.05, 3.63) is 0 Å². The first-order chi connectivity index (χ1) is 4.16. The van der Waals surface area contributed by atoms with Gasteiger partial charge in [-0.15, -0.1) is 0 Å². The molecule has 0 bridgehead atoms. The normalized spacial score (nSPS) is 7.67. The summed E-state index contributed by atoms with van der Waals surface area (Å²) in [7, 11) is 0. The molecule has 48 valence electrons. The van der Waals surface area contributed by atoms with Crippen LogP contribution in [0.2, 0.25) is 0 Å². The van der Waals surface area contributed by atoms with Gasteiger partial charge in [0.1, 0.15) is 0 Å². The zero-order valence-electron chi connectivity index (χ0n) is 5.01. The molecule has 0 radical (unpaired) electrons. The van der Waals surface area contributed by atoms with E-state index in [1.54, 1.807) is 0 Å². The van der Waals surface area contributed by atoms with E-state index in [-0.39, 0.29) is 18.0 Å². The van der Waals surface area contributed by atoms with Gasteiger partial charge in [-0.2, -0.15) is 0 Å². The fourth-order valence-electron chi connectivity index (χ4n) is 0.362. The second-order valence-electron chi connectivity index (χ2n) is 1.61. The number of carbonyl (C=O) groups is 2. The van der Waals surface area contributed by atoms with Gasteiger partial charge in [0.05, 0.1) is 0 Å². The molecule has 0 saturated heterocycles. The van der Waals surface area contributed by atoms with Gasteiger partial charge in [0.25, 0.3) is 0 Å². The second kappa shape index (κ2) is 4.74. The summed E-state index contributed by atoms with van der Waals surface area (Å²) < 4.78 is 11.0. The van der Waals surface area contributed by atoms with Crippen LogP contribution in [0.4, 0.5) is 0 Å². The van der Waals surface area contributed by atoms with Gasteiger partial charge in [-0.1, -0.05) is 0 Å². The Kier molecular flexibility index (Phi) is 4.69. The summed E-state index contributed by atoms with van der Waals surface area (Å²) in [6.07, 6.45) is -0.0942. The van der Waals surface area contributed by atoms with E-state index >= 15 is 0 Å². The average molecular weight is 205 g/mol. The first-order valence-electron chi connectivity index (χ1n) is 2.40. The molecule has 9 heavy (non-hydrogen) atoms. The summed E-state index contributed by atoms with van der Waals surface area (Å²) in [4.78, 5) is 20.6. The monoisotopic (exact) mass is 204 g/mol. The SMILES string of the molecule is CC(=O)CC(=O)[CH]=[Zr]=[O]. The van der Waals surface area contributed by atoms with Crippen molar-refractivity contribution in [1.29, 1.82) is 0 Å². The Hall–Kier alpha value is -0.107. The zero-order chi connectivity index (χ0) is 7.28. The van der Waals surface area contributed by atoms with E-state index in [0.717, 1.165) is 3.71 Å². The van der Waals surface area contributed by atoms with E-state index in [2.05, 4.69) is 0 Å². The van der Waals surface area contributed by atoms with Crippen LogP contribution >= 0.6 is 0 Å². The van der Waals surface area contributed by atoms with Crippen LogP contribution < -0.4 is 0 Å². The second-order valence-corrected chi connectivity index (χ2v) is 2.90. The third-order valence-corrected chi connectivity index (χ3v) is 1.72. The Morgan fingerprint density at radius 1 is 1.56 bits per heavy atom. The van der Waals surface area contributed by atoms with E-state index < -0.39 is 22.8 Å². The van der Waals surface area contributed by atoms with Gasteiger partial charge in [0.15, 0.2) is 0 Å². The fourth-order valence-corrected chi connectivity index (χ4v) is 0.936. The van der Waals surface area contributed by atoms with Gasteiger partial charge < -0.3 is 0 Å². The maximum absolute atomic E-state index is 10.4. The fraction of sp³-hybridized carbons (Fsp3) is 0.400. The molecule has 0 fully saturated rings. The molecule has 0 amide bonds. The van der Waals surface area contributed by atoms with Gasteiger partial charge in [-0.3, -0.25) is 0 Å². The third-order valence-electron chi connectivity index (χ3n) is 0.643. The summed E-state index contributed by atoms with van der Waals surface area (Å²) in [5.41, 5.74) is 0. The van der Waals surface area contributed by atoms with E-state index in [0.29, 0.717) is 0 Å². The van der Waals surface area contributed by atoms with Crippen molar-refractivity contribution in [1.82, 2.24) is 0 Å². The van der Waals surface area contributed by atoms with Crippen molar-refractivity contribution in [3.63, 3.8) is 0 Å². The molecule has 0 heterocycles. The van der Waals surface area contributed by atoms with Gasteiger partial charge in [-0.25, -0.2) is 0 Å². The number of ketones is 2. The molecule has 3 nitrogen and oxygen atoms in total. The van der Waals surface area contributed by atoms with Crippen LogP contribution in [0, 0.1) is 0 Å². The van der Waals surface area contributed by atoms with E-state index in [1.807, 2.05) is 0 Å². The standard InChI is InChI=1S/C5H6O2.O.Zr/c1-4(6)3-5(2)7;;/h1H,3H2,2H3;;. The van der Waals surface area contributed by atoms with Crippen LogP contribution in [0.1, 0.15) is 13.3 Å². The summed E-state index contributed by atoms with van der Waals surface area (Å²) in [5, 5.41) is 0. The number of carbonyl (C=O) groups excluding carboxylic acids is 2. The third kappa shape index (κ3) is 5.77. The number of rotatable bonds is 3. The van der Waals surface area contributed by atoms with Gasteiger partial charge >= 0.3 is 63.8 Å². The van der Waals surface area contributed by atoms with Crippen molar-refractivity contribution in [2.75, 3.05) is 0 Å². The van der Waals surface area contributed by atoms with Crippen LogP contribution in [-0.2, 0) is 35.2 Å². The molecule has 0 saturated carbocycles. The van der Waals surface area contributed by atoms with Crippen molar-refractivity contribution >= 4 is 15.3 Å². The molecular formula is C5H6O3Zr. The minimum atomic E-state index is -1.78. The number of Topliss-reactive ketones (excluding diaryl/α,β-unsaturated/α-hetero) is 2. The predicted octanol–water partition coefficient (Wildman–Crippen LogP) is -0.235. The van der Waals surface area contributed by atoms with E-state index in [1.165, 1.54) is 6.92 Å². The van der Waals surface area contributed by atoms with Gasteiger partial charge in [0, 0.05) is 0 Å². The topological polar surface area (TPSA) is 51.2 Å². The number of hydrogen-bond donors (Lipinski definition) is 0. The number of hydrogen-bond acceptors (Lipinski definition) is 3. The van der Waals surface area contributed by atoms with Crippen LogP contribution in [0.3, 0.4) is 0 Å². The summed E-state index contributed by atoms with van der Waals surface area (Å²) in [6, 6.07) is 0. The first-order valence-corrected chi connectivity index (χ1v) is 4.82. The minimum absolute atomic E-state index is 0.0942. The molecule has 0 N–H and O–H groups in total.